The van der Waals surface area contributed by atoms with E-state index in [0.29, 0.717) is 11.2 Å². The summed E-state index contributed by atoms with van der Waals surface area (Å²) in [5.41, 5.74) is 5.33. The van der Waals surface area contributed by atoms with Gasteiger partial charge in [-0.05, 0) is 28.3 Å². The fourth-order valence-electron chi connectivity index (χ4n) is 3.01. The highest BCUT2D eigenvalue weighted by Crippen LogP contribution is 2.29. The number of nitrogens with zero attached hydrogens (tertiary/aromatic N) is 3. The van der Waals surface area contributed by atoms with Gasteiger partial charge in [-0.3, -0.25) is 9.20 Å². The largest absolute Gasteiger partial charge is 0.481 e. The van der Waals surface area contributed by atoms with Gasteiger partial charge in [-0.2, -0.15) is 0 Å². The molecular weight excluding hydrogens is 314 g/mol. The summed E-state index contributed by atoms with van der Waals surface area (Å²) in [6.07, 6.45) is 3.32. The van der Waals surface area contributed by atoms with E-state index in [1.165, 1.54) is 0 Å². The molecule has 2 heterocycles. The van der Waals surface area contributed by atoms with Gasteiger partial charge in [0.2, 0.25) is 0 Å². The van der Waals surface area contributed by atoms with E-state index < -0.39 is 5.97 Å². The van der Waals surface area contributed by atoms with Crippen LogP contribution >= 0.6 is 0 Å². The Bertz CT molecular complexity index is 1040. The smallest absolute Gasteiger partial charge is 0.307 e. The van der Waals surface area contributed by atoms with Gasteiger partial charge < -0.3 is 5.11 Å². The Morgan fingerprint density at radius 1 is 0.920 bits per heavy atom. The molecule has 2 aromatic carbocycles. The number of carboxylic acid groups (broad SMARTS) is 1. The normalized spacial score (nSPS) is 10.9. The highest BCUT2D eigenvalue weighted by atomic mass is 16.4. The molecule has 0 aliphatic rings. The van der Waals surface area contributed by atoms with Crippen molar-refractivity contribution in [2.75, 3.05) is 0 Å². The molecule has 0 fully saturated rings. The van der Waals surface area contributed by atoms with Crippen molar-refractivity contribution in [2.45, 2.75) is 6.42 Å². The monoisotopic (exact) mass is 329 g/mol. The van der Waals surface area contributed by atoms with Crippen molar-refractivity contribution in [3.63, 3.8) is 0 Å². The minimum atomic E-state index is -0.891. The molecule has 4 aromatic rings. The van der Waals surface area contributed by atoms with Crippen LogP contribution in [-0.4, -0.2) is 25.7 Å². The number of carbonyl (C=O) groups is 1. The van der Waals surface area contributed by atoms with Crippen molar-refractivity contribution >= 4 is 11.6 Å². The van der Waals surface area contributed by atoms with Crippen molar-refractivity contribution in [2.24, 2.45) is 0 Å². The fourth-order valence-corrected chi connectivity index (χ4v) is 3.01. The Kier molecular flexibility index (Phi) is 3.74. The maximum absolute atomic E-state index is 11.3. The highest BCUT2D eigenvalue weighted by molar-refractivity contribution is 5.82. The summed E-state index contributed by atoms with van der Waals surface area (Å²) < 4.78 is 1.74. The lowest BCUT2D eigenvalue weighted by molar-refractivity contribution is -0.136. The summed E-state index contributed by atoms with van der Waals surface area (Å²) in [5, 5.41) is 17.2. The molecule has 0 spiro atoms. The van der Waals surface area contributed by atoms with E-state index in [1.807, 2.05) is 54.7 Å². The SMILES string of the molecule is O=C(O)Cc1c(-c2ccc(-c3ccccc3)cc2)ccn2cnnc12. The molecule has 0 amide bonds. The minimum absolute atomic E-state index is 0.0984. The second-order valence-electron chi connectivity index (χ2n) is 5.78. The van der Waals surface area contributed by atoms with Crippen molar-refractivity contribution in [1.82, 2.24) is 14.6 Å². The summed E-state index contributed by atoms with van der Waals surface area (Å²) in [6, 6.07) is 20.1. The molecular formula is C20H15N3O2. The number of pyridine rings is 1. The van der Waals surface area contributed by atoms with E-state index >= 15 is 0 Å². The number of fused-ring (bicyclic) bond motifs is 1. The number of hydrogen-bond acceptors (Lipinski definition) is 3. The first kappa shape index (κ1) is 15.1. The van der Waals surface area contributed by atoms with Crippen LogP contribution in [-0.2, 0) is 11.2 Å². The van der Waals surface area contributed by atoms with Crippen LogP contribution in [0.1, 0.15) is 5.56 Å². The van der Waals surface area contributed by atoms with Gasteiger partial charge in [-0.15, -0.1) is 10.2 Å². The molecule has 0 atom stereocenters. The van der Waals surface area contributed by atoms with E-state index in [1.54, 1.807) is 10.7 Å². The quantitative estimate of drug-likeness (QED) is 0.620. The fraction of sp³-hybridized carbons (Fsp3) is 0.0500. The van der Waals surface area contributed by atoms with Gasteiger partial charge in [0.15, 0.2) is 5.65 Å². The van der Waals surface area contributed by atoms with Gasteiger partial charge in [-0.25, -0.2) is 0 Å². The Labute approximate surface area is 144 Å². The molecule has 0 bridgehead atoms. The first-order valence-electron chi connectivity index (χ1n) is 7.91. The van der Waals surface area contributed by atoms with Crippen LogP contribution < -0.4 is 0 Å². The molecule has 0 saturated heterocycles. The molecule has 25 heavy (non-hydrogen) atoms. The molecule has 122 valence electrons. The number of aliphatic carboxylic acids is 1. The first-order valence-corrected chi connectivity index (χ1v) is 7.91. The van der Waals surface area contributed by atoms with Crippen LogP contribution in [0.4, 0.5) is 0 Å². The zero-order valence-corrected chi connectivity index (χ0v) is 13.3. The van der Waals surface area contributed by atoms with Crippen molar-refractivity contribution in [1.29, 1.82) is 0 Å². The maximum atomic E-state index is 11.3. The number of hydrogen-bond donors (Lipinski definition) is 1. The third-order valence-electron chi connectivity index (χ3n) is 4.20. The second-order valence-corrected chi connectivity index (χ2v) is 5.78. The van der Waals surface area contributed by atoms with Gasteiger partial charge in [0.05, 0.1) is 6.42 Å². The molecule has 0 radical (unpaired) electrons. The number of carboxylic acids is 1. The average Bonchev–Trinajstić information content (AvgIpc) is 3.12. The van der Waals surface area contributed by atoms with Crippen LogP contribution in [0.15, 0.2) is 73.2 Å². The molecule has 0 unspecified atom stereocenters. The summed E-state index contributed by atoms with van der Waals surface area (Å²) in [7, 11) is 0. The van der Waals surface area contributed by atoms with Gasteiger partial charge in [0.25, 0.3) is 0 Å². The number of rotatable bonds is 4. The zero-order chi connectivity index (χ0) is 17.2. The summed E-state index contributed by atoms with van der Waals surface area (Å²) in [6.45, 7) is 0. The van der Waals surface area contributed by atoms with Crippen molar-refractivity contribution in [3.8, 4) is 22.3 Å². The lowest BCUT2D eigenvalue weighted by Gasteiger charge is -2.10. The van der Waals surface area contributed by atoms with Gasteiger partial charge in [0, 0.05) is 11.8 Å². The molecule has 0 saturated carbocycles. The Morgan fingerprint density at radius 2 is 1.60 bits per heavy atom. The average molecular weight is 329 g/mol. The van der Waals surface area contributed by atoms with E-state index in [4.69, 9.17) is 0 Å². The lowest BCUT2D eigenvalue weighted by atomic mass is 9.96. The second kappa shape index (κ2) is 6.20. The molecule has 2 aromatic heterocycles. The van der Waals surface area contributed by atoms with Crippen LogP contribution in [0.3, 0.4) is 0 Å². The molecule has 5 heteroatoms. The zero-order valence-electron chi connectivity index (χ0n) is 13.3. The van der Waals surface area contributed by atoms with E-state index in [-0.39, 0.29) is 6.42 Å². The first-order chi connectivity index (χ1) is 12.2. The predicted molar refractivity (Wildman–Crippen MR) is 95.2 cm³/mol. The lowest BCUT2D eigenvalue weighted by Crippen LogP contribution is -2.04. The van der Waals surface area contributed by atoms with Gasteiger partial charge >= 0.3 is 5.97 Å². The third kappa shape index (κ3) is 2.87. The molecule has 0 aliphatic carbocycles. The van der Waals surface area contributed by atoms with Gasteiger partial charge in [0.1, 0.15) is 6.33 Å². The molecule has 4 rings (SSSR count). The van der Waals surface area contributed by atoms with Crippen molar-refractivity contribution in [3.05, 3.63) is 78.8 Å². The third-order valence-corrected chi connectivity index (χ3v) is 4.20. The Hall–Kier alpha value is -3.47. The van der Waals surface area contributed by atoms with E-state index in [2.05, 4.69) is 22.3 Å². The standard InChI is InChI=1S/C20H15N3O2/c24-19(25)12-18-17(10-11-23-13-21-22-20(18)23)16-8-6-15(7-9-16)14-4-2-1-3-5-14/h1-11,13H,12H2,(H,24,25). The van der Waals surface area contributed by atoms with E-state index in [0.717, 1.165) is 22.3 Å². The van der Waals surface area contributed by atoms with Crippen LogP contribution in [0.25, 0.3) is 27.9 Å². The van der Waals surface area contributed by atoms with E-state index in [9.17, 15) is 9.90 Å². The van der Waals surface area contributed by atoms with Crippen molar-refractivity contribution < 1.29 is 9.90 Å². The number of aromatic nitrogens is 3. The summed E-state index contributed by atoms with van der Waals surface area (Å²) in [5.74, 6) is -0.891. The van der Waals surface area contributed by atoms with Crippen LogP contribution in [0, 0.1) is 0 Å². The Morgan fingerprint density at radius 3 is 2.32 bits per heavy atom. The molecule has 5 nitrogen and oxygen atoms in total. The highest BCUT2D eigenvalue weighted by Gasteiger charge is 2.15. The van der Waals surface area contributed by atoms with Crippen LogP contribution in [0.5, 0.6) is 0 Å². The predicted octanol–water partition coefficient (Wildman–Crippen LogP) is 3.69. The molecule has 0 aliphatic heterocycles. The Balaban J connectivity index is 1.80. The minimum Gasteiger partial charge on any atom is -0.481 e. The summed E-state index contributed by atoms with van der Waals surface area (Å²) >= 11 is 0. The summed E-state index contributed by atoms with van der Waals surface area (Å²) in [4.78, 5) is 11.3. The molecule has 1 N–H and O–H groups in total. The maximum Gasteiger partial charge on any atom is 0.307 e. The number of benzene rings is 2. The van der Waals surface area contributed by atoms with Gasteiger partial charge in [-0.1, -0.05) is 54.6 Å². The topological polar surface area (TPSA) is 67.5 Å². The van der Waals surface area contributed by atoms with Crippen LogP contribution in [0.2, 0.25) is 0 Å².